The number of rotatable bonds is 10. The molecule has 1 unspecified atom stereocenters. The normalized spacial score (nSPS) is 13.0. The summed E-state index contributed by atoms with van der Waals surface area (Å²) in [6.45, 7) is 9.46. The molecule has 0 saturated carbocycles. The SMILES string of the molecule is CCNC(=NCc1ccccc1CN(C)C(C)C)NCCC(O)c1ccccc1. The van der Waals surface area contributed by atoms with Crippen molar-refractivity contribution in [1.29, 1.82) is 0 Å². The summed E-state index contributed by atoms with van der Waals surface area (Å²) in [6.07, 6.45) is 0.156. The Balaban J connectivity index is 1.95. The first-order valence-electron chi connectivity index (χ1n) is 10.5. The van der Waals surface area contributed by atoms with Crippen molar-refractivity contribution in [3.05, 3.63) is 71.3 Å². The summed E-state index contributed by atoms with van der Waals surface area (Å²) >= 11 is 0. The smallest absolute Gasteiger partial charge is 0.191 e. The minimum atomic E-state index is -0.473. The molecule has 0 aliphatic heterocycles. The van der Waals surface area contributed by atoms with Crippen LogP contribution < -0.4 is 10.6 Å². The van der Waals surface area contributed by atoms with Crippen molar-refractivity contribution in [2.75, 3.05) is 20.1 Å². The van der Waals surface area contributed by atoms with Crippen molar-refractivity contribution in [2.24, 2.45) is 4.99 Å². The molecule has 3 N–H and O–H groups in total. The van der Waals surface area contributed by atoms with Gasteiger partial charge in [0, 0.05) is 25.7 Å². The third-order valence-electron chi connectivity index (χ3n) is 5.07. The van der Waals surface area contributed by atoms with Gasteiger partial charge in [0.05, 0.1) is 12.6 Å². The van der Waals surface area contributed by atoms with Crippen LogP contribution in [-0.2, 0) is 13.1 Å². The highest BCUT2D eigenvalue weighted by Crippen LogP contribution is 2.15. The van der Waals surface area contributed by atoms with E-state index in [9.17, 15) is 5.11 Å². The fourth-order valence-corrected chi connectivity index (χ4v) is 2.99. The highest BCUT2D eigenvalue weighted by Gasteiger charge is 2.09. The molecule has 0 aliphatic rings. The van der Waals surface area contributed by atoms with Crippen LogP contribution in [0.4, 0.5) is 0 Å². The fraction of sp³-hybridized carbons (Fsp3) is 0.458. The average Bonchev–Trinajstić information content (AvgIpc) is 2.73. The summed E-state index contributed by atoms with van der Waals surface area (Å²) in [5, 5.41) is 17.0. The summed E-state index contributed by atoms with van der Waals surface area (Å²) in [6, 6.07) is 18.8. The van der Waals surface area contributed by atoms with Crippen molar-refractivity contribution < 1.29 is 5.11 Å². The van der Waals surface area contributed by atoms with E-state index in [4.69, 9.17) is 4.99 Å². The predicted octanol–water partition coefficient (Wildman–Crippen LogP) is 3.71. The average molecular weight is 397 g/mol. The minimum Gasteiger partial charge on any atom is -0.388 e. The number of aliphatic imine (C=N–C) groups is 1. The van der Waals surface area contributed by atoms with E-state index in [1.54, 1.807) is 0 Å². The van der Waals surface area contributed by atoms with E-state index in [0.29, 0.717) is 25.6 Å². The minimum absolute atomic E-state index is 0.473. The number of aliphatic hydroxyl groups is 1. The molecule has 0 aliphatic carbocycles. The summed E-state index contributed by atoms with van der Waals surface area (Å²) in [5.74, 6) is 0.778. The molecule has 0 aromatic heterocycles. The maximum atomic E-state index is 10.3. The molecule has 0 heterocycles. The lowest BCUT2D eigenvalue weighted by molar-refractivity contribution is 0.168. The van der Waals surface area contributed by atoms with Crippen molar-refractivity contribution in [2.45, 2.75) is 52.4 Å². The Bertz CT molecular complexity index is 746. The van der Waals surface area contributed by atoms with Crippen LogP contribution in [0.3, 0.4) is 0 Å². The van der Waals surface area contributed by atoms with Gasteiger partial charge in [-0.25, -0.2) is 4.99 Å². The molecule has 2 rings (SSSR count). The Morgan fingerprint density at radius 2 is 1.66 bits per heavy atom. The largest absolute Gasteiger partial charge is 0.388 e. The lowest BCUT2D eigenvalue weighted by Gasteiger charge is -2.22. The first-order valence-corrected chi connectivity index (χ1v) is 10.5. The summed E-state index contributed by atoms with van der Waals surface area (Å²) in [7, 11) is 2.15. The number of hydrogen-bond acceptors (Lipinski definition) is 3. The molecule has 0 radical (unpaired) electrons. The molecular formula is C24H36N4O. The van der Waals surface area contributed by atoms with Gasteiger partial charge in [0.15, 0.2) is 5.96 Å². The molecule has 2 aromatic carbocycles. The molecule has 158 valence electrons. The van der Waals surface area contributed by atoms with Gasteiger partial charge >= 0.3 is 0 Å². The summed E-state index contributed by atoms with van der Waals surface area (Å²) < 4.78 is 0. The number of hydrogen-bond donors (Lipinski definition) is 3. The second-order valence-corrected chi connectivity index (χ2v) is 7.61. The van der Waals surface area contributed by atoms with Gasteiger partial charge in [-0.05, 0) is 50.9 Å². The van der Waals surface area contributed by atoms with E-state index in [2.05, 4.69) is 67.6 Å². The zero-order chi connectivity index (χ0) is 21.1. The third kappa shape index (κ3) is 7.87. The molecule has 0 spiro atoms. The number of guanidine groups is 1. The highest BCUT2D eigenvalue weighted by molar-refractivity contribution is 5.79. The van der Waals surface area contributed by atoms with Crippen molar-refractivity contribution in [3.8, 4) is 0 Å². The maximum absolute atomic E-state index is 10.3. The Morgan fingerprint density at radius 1 is 1.00 bits per heavy atom. The highest BCUT2D eigenvalue weighted by atomic mass is 16.3. The molecule has 29 heavy (non-hydrogen) atoms. The molecule has 0 fully saturated rings. The standard InChI is InChI=1S/C24H36N4O/c1-5-25-24(26-16-15-23(29)20-11-7-6-8-12-20)27-17-21-13-9-10-14-22(21)18-28(4)19(2)3/h6-14,19,23,29H,5,15-18H2,1-4H3,(H2,25,26,27). The van der Waals surface area contributed by atoms with Gasteiger partial charge in [-0.2, -0.15) is 0 Å². The van der Waals surface area contributed by atoms with Crippen LogP contribution in [0, 0.1) is 0 Å². The Morgan fingerprint density at radius 3 is 2.31 bits per heavy atom. The third-order valence-corrected chi connectivity index (χ3v) is 5.07. The van der Waals surface area contributed by atoms with E-state index in [-0.39, 0.29) is 0 Å². The van der Waals surface area contributed by atoms with Crippen LogP contribution in [0.25, 0.3) is 0 Å². The molecule has 2 aromatic rings. The Labute approximate surface area is 175 Å². The van der Waals surface area contributed by atoms with Gasteiger partial charge in [0.2, 0.25) is 0 Å². The van der Waals surface area contributed by atoms with E-state index >= 15 is 0 Å². The molecule has 0 bridgehead atoms. The molecule has 0 saturated heterocycles. The summed E-state index contributed by atoms with van der Waals surface area (Å²) in [5.41, 5.74) is 3.49. The monoisotopic (exact) mass is 396 g/mol. The Hall–Kier alpha value is -2.37. The molecule has 0 amide bonds. The first kappa shape index (κ1) is 22.9. The fourth-order valence-electron chi connectivity index (χ4n) is 2.99. The molecule has 1 atom stereocenters. The number of aliphatic hydroxyl groups excluding tert-OH is 1. The van der Waals surface area contributed by atoms with Gasteiger partial charge in [-0.15, -0.1) is 0 Å². The second kappa shape index (κ2) is 12.2. The van der Waals surface area contributed by atoms with E-state index in [0.717, 1.165) is 24.6 Å². The quantitative estimate of drug-likeness (QED) is 0.423. The van der Waals surface area contributed by atoms with E-state index in [1.807, 2.05) is 30.3 Å². The lowest BCUT2D eigenvalue weighted by atomic mass is 10.1. The van der Waals surface area contributed by atoms with E-state index in [1.165, 1.54) is 11.1 Å². The van der Waals surface area contributed by atoms with Gasteiger partial charge in [-0.1, -0.05) is 54.6 Å². The van der Waals surface area contributed by atoms with Crippen LogP contribution in [0.2, 0.25) is 0 Å². The molecule has 5 nitrogen and oxygen atoms in total. The number of nitrogens with zero attached hydrogens (tertiary/aromatic N) is 2. The van der Waals surface area contributed by atoms with Gasteiger partial charge in [-0.3, -0.25) is 4.90 Å². The Kier molecular flexibility index (Phi) is 9.68. The van der Waals surface area contributed by atoms with Crippen LogP contribution in [0.15, 0.2) is 59.6 Å². The number of benzene rings is 2. The maximum Gasteiger partial charge on any atom is 0.191 e. The first-order chi connectivity index (χ1) is 14.0. The van der Waals surface area contributed by atoms with Crippen LogP contribution >= 0.6 is 0 Å². The predicted molar refractivity (Wildman–Crippen MR) is 122 cm³/mol. The van der Waals surface area contributed by atoms with Crippen LogP contribution in [-0.4, -0.2) is 42.1 Å². The van der Waals surface area contributed by atoms with Crippen molar-refractivity contribution in [1.82, 2.24) is 15.5 Å². The molecule has 5 heteroatoms. The lowest BCUT2D eigenvalue weighted by Crippen LogP contribution is -2.38. The summed E-state index contributed by atoms with van der Waals surface area (Å²) in [4.78, 5) is 7.09. The van der Waals surface area contributed by atoms with Crippen molar-refractivity contribution in [3.63, 3.8) is 0 Å². The van der Waals surface area contributed by atoms with E-state index < -0.39 is 6.10 Å². The second-order valence-electron chi connectivity index (χ2n) is 7.61. The molecular weight excluding hydrogens is 360 g/mol. The topological polar surface area (TPSA) is 59.9 Å². The van der Waals surface area contributed by atoms with Crippen LogP contribution in [0.5, 0.6) is 0 Å². The van der Waals surface area contributed by atoms with Gasteiger partial charge in [0.25, 0.3) is 0 Å². The van der Waals surface area contributed by atoms with Crippen LogP contribution in [0.1, 0.15) is 50.0 Å². The zero-order valence-corrected chi connectivity index (χ0v) is 18.2. The van der Waals surface area contributed by atoms with Crippen molar-refractivity contribution >= 4 is 5.96 Å². The zero-order valence-electron chi connectivity index (χ0n) is 18.2. The number of nitrogens with one attached hydrogen (secondary N) is 2. The van der Waals surface area contributed by atoms with Gasteiger partial charge < -0.3 is 15.7 Å². The van der Waals surface area contributed by atoms with Gasteiger partial charge in [0.1, 0.15) is 0 Å².